The van der Waals surface area contributed by atoms with Gasteiger partial charge < -0.3 is 13.2 Å². The first kappa shape index (κ1) is 28.7. The average molecular weight is 716 g/mol. The second-order valence-corrected chi connectivity index (χ2v) is 14.7. The Balaban J connectivity index is 1.14. The molecular weight excluding hydrogens is 691 g/mol. The zero-order valence-corrected chi connectivity index (χ0v) is 29.5. The summed E-state index contributed by atoms with van der Waals surface area (Å²) in [7, 11) is 0. The molecule has 0 N–H and O–H groups in total. The van der Waals surface area contributed by atoms with Crippen LogP contribution in [0, 0.1) is 0 Å². The SMILES string of the molecule is c1ccc(-c2nc(-c3cccc4oc5c6ccccc6ccc5c34)nc(-n3c4ccc5oc6ccc7c8ccccc8n8c9cccc3c9c4c5c6c78)n2)cc1. The second-order valence-electron chi connectivity index (χ2n) is 14.7. The highest BCUT2D eigenvalue weighted by Crippen LogP contribution is 2.48. The molecule has 0 aliphatic carbocycles. The van der Waals surface area contributed by atoms with Gasteiger partial charge in [0.1, 0.15) is 22.3 Å². The van der Waals surface area contributed by atoms with E-state index < -0.39 is 0 Å². The third kappa shape index (κ3) is 3.46. The molecule has 0 bridgehead atoms. The maximum absolute atomic E-state index is 6.63. The molecule has 0 saturated carbocycles. The van der Waals surface area contributed by atoms with Gasteiger partial charge in [0.25, 0.3) is 0 Å². The number of fused-ring (bicyclic) bond motifs is 9. The molecule has 7 heteroatoms. The van der Waals surface area contributed by atoms with Crippen molar-refractivity contribution < 1.29 is 8.83 Å². The van der Waals surface area contributed by atoms with E-state index in [-0.39, 0.29) is 0 Å². The number of benzene rings is 8. The minimum absolute atomic E-state index is 0.539. The summed E-state index contributed by atoms with van der Waals surface area (Å²) in [6, 6.07) is 52.8. The number of para-hydroxylation sites is 1. The van der Waals surface area contributed by atoms with Gasteiger partial charge in [0.05, 0.1) is 33.0 Å². The van der Waals surface area contributed by atoms with E-state index in [2.05, 4.69) is 130 Å². The Labute approximate surface area is 315 Å². The van der Waals surface area contributed by atoms with Crippen LogP contribution >= 0.6 is 0 Å². The largest absolute Gasteiger partial charge is 0.456 e. The van der Waals surface area contributed by atoms with Gasteiger partial charge in [-0.3, -0.25) is 4.57 Å². The molecule has 0 atom stereocenters. The first-order chi connectivity index (χ1) is 27.8. The third-order valence-corrected chi connectivity index (χ3v) is 11.9. The lowest BCUT2D eigenvalue weighted by molar-refractivity contribution is 0.669. The molecule has 0 saturated heterocycles. The number of nitrogens with zero attached hydrogens (tertiary/aromatic N) is 5. The summed E-state index contributed by atoms with van der Waals surface area (Å²) in [5, 5.41) is 11.1. The van der Waals surface area contributed by atoms with Crippen molar-refractivity contribution in [3.63, 3.8) is 0 Å². The van der Waals surface area contributed by atoms with Crippen LogP contribution in [0.4, 0.5) is 0 Å². The van der Waals surface area contributed by atoms with Crippen molar-refractivity contribution in [3.8, 4) is 28.7 Å². The number of rotatable bonds is 3. The van der Waals surface area contributed by atoms with Gasteiger partial charge in [-0.1, -0.05) is 97.1 Å². The maximum atomic E-state index is 6.63. The van der Waals surface area contributed by atoms with E-state index in [1.54, 1.807) is 0 Å². The molecular formula is C49H25N5O2. The maximum Gasteiger partial charge on any atom is 0.238 e. The Hall–Kier alpha value is -7.77. The molecule has 7 nitrogen and oxygen atoms in total. The molecule has 0 fully saturated rings. The fourth-order valence-corrected chi connectivity index (χ4v) is 9.62. The highest BCUT2D eigenvalue weighted by Gasteiger charge is 2.27. The smallest absolute Gasteiger partial charge is 0.238 e. The Kier molecular flexibility index (Phi) is 5.15. The molecule has 8 aromatic carbocycles. The van der Waals surface area contributed by atoms with E-state index in [4.69, 9.17) is 23.8 Å². The zero-order valence-electron chi connectivity index (χ0n) is 29.5. The first-order valence-corrected chi connectivity index (χ1v) is 18.8. The summed E-state index contributed by atoms with van der Waals surface area (Å²) in [4.78, 5) is 15.9. The van der Waals surface area contributed by atoms with Gasteiger partial charge in [0, 0.05) is 54.2 Å². The van der Waals surface area contributed by atoms with E-state index >= 15 is 0 Å². The normalized spacial score (nSPS) is 12.6. The highest BCUT2D eigenvalue weighted by molar-refractivity contribution is 6.37. The molecule has 14 aromatic rings. The zero-order chi connectivity index (χ0) is 36.2. The van der Waals surface area contributed by atoms with Crippen LogP contribution in [-0.2, 0) is 0 Å². The lowest BCUT2D eigenvalue weighted by Gasteiger charge is -2.11. The second kappa shape index (κ2) is 10.0. The molecule has 0 aliphatic heterocycles. The van der Waals surface area contributed by atoms with Crippen LogP contribution in [0.1, 0.15) is 0 Å². The van der Waals surface area contributed by atoms with Crippen LogP contribution in [0.5, 0.6) is 0 Å². The van der Waals surface area contributed by atoms with Crippen LogP contribution in [0.15, 0.2) is 160 Å². The minimum Gasteiger partial charge on any atom is -0.456 e. The summed E-state index contributed by atoms with van der Waals surface area (Å²) < 4.78 is 17.9. The van der Waals surface area contributed by atoms with Gasteiger partial charge in [-0.05, 0) is 60.0 Å². The van der Waals surface area contributed by atoms with Crippen molar-refractivity contribution in [1.82, 2.24) is 23.9 Å². The first-order valence-electron chi connectivity index (χ1n) is 18.8. The predicted molar refractivity (Wildman–Crippen MR) is 225 cm³/mol. The Bertz CT molecular complexity index is 3940. The van der Waals surface area contributed by atoms with E-state index in [0.29, 0.717) is 17.6 Å². The molecule has 0 aliphatic rings. The van der Waals surface area contributed by atoms with Gasteiger partial charge in [0.15, 0.2) is 11.6 Å². The Morgan fingerprint density at radius 3 is 2.05 bits per heavy atom. The fraction of sp³-hybridized carbons (Fsp3) is 0. The van der Waals surface area contributed by atoms with E-state index in [1.165, 1.54) is 16.3 Å². The molecule has 0 radical (unpaired) electrons. The van der Waals surface area contributed by atoms with Crippen molar-refractivity contribution in [1.29, 1.82) is 0 Å². The molecule has 6 aromatic heterocycles. The van der Waals surface area contributed by atoms with Crippen LogP contribution in [0.3, 0.4) is 0 Å². The summed E-state index contributed by atoms with van der Waals surface area (Å²) in [5.74, 6) is 1.70. The van der Waals surface area contributed by atoms with Crippen molar-refractivity contribution in [2.45, 2.75) is 0 Å². The molecule has 6 heterocycles. The predicted octanol–water partition coefficient (Wildman–Crippen LogP) is 12.7. The van der Waals surface area contributed by atoms with Gasteiger partial charge in [-0.2, -0.15) is 9.97 Å². The van der Waals surface area contributed by atoms with E-state index in [9.17, 15) is 0 Å². The highest BCUT2D eigenvalue weighted by atomic mass is 16.3. The van der Waals surface area contributed by atoms with Crippen molar-refractivity contribution >= 4 is 104 Å². The number of aromatic nitrogens is 5. The Morgan fingerprint density at radius 1 is 0.393 bits per heavy atom. The monoisotopic (exact) mass is 715 g/mol. The number of hydrogen-bond acceptors (Lipinski definition) is 5. The molecule has 0 spiro atoms. The van der Waals surface area contributed by atoms with Crippen molar-refractivity contribution in [2.75, 3.05) is 0 Å². The number of hydrogen-bond donors (Lipinski definition) is 0. The quantitative estimate of drug-likeness (QED) is 0.182. The molecule has 258 valence electrons. The van der Waals surface area contributed by atoms with Gasteiger partial charge in [-0.15, -0.1) is 0 Å². The fourth-order valence-electron chi connectivity index (χ4n) is 9.62. The average Bonchev–Trinajstić information content (AvgIpc) is 3.99. The van der Waals surface area contributed by atoms with Crippen LogP contribution in [0.2, 0.25) is 0 Å². The lowest BCUT2D eigenvalue weighted by Crippen LogP contribution is -2.06. The topological polar surface area (TPSA) is 74.3 Å². The number of furan rings is 2. The van der Waals surface area contributed by atoms with E-state index in [1.807, 2.05) is 30.3 Å². The molecule has 56 heavy (non-hydrogen) atoms. The summed E-state index contributed by atoms with van der Waals surface area (Å²) in [6.07, 6.45) is 0. The van der Waals surface area contributed by atoms with Crippen LogP contribution in [0.25, 0.3) is 133 Å². The van der Waals surface area contributed by atoms with Gasteiger partial charge in [0.2, 0.25) is 5.95 Å². The standard InChI is InChI=1S/C49H25N5O2/c1-2-11-27(12-3-1)47-50-48(32-15-8-19-37-40(32)31-21-20-26-10-4-5-13-28(26)46(31)56-37)52-49(51-47)54-35-18-9-17-34-41(35)42-36(54)23-25-38-43(42)44-39(55-38)24-22-30-29-14-6-7-16-33(29)53(34)45(30)44/h1-25H. The minimum atomic E-state index is 0.539. The molecule has 0 amide bonds. The lowest BCUT2D eigenvalue weighted by atomic mass is 10.0. The van der Waals surface area contributed by atoms with Gasteiger partial charge in [-0.25, -0.2) is 4.98 Å². The third-order valence-electron chi connectivity index (χ3n) is 11.9. The molecule has 14 rings (SSSR count). The van der Waals surface area contributed by atoms with Gasteiger partial charge >= 0.3 is 0 Å². The van der Waals surface area contributed by atoms with E-state index in [0.717, 1.165) is 98.6 Å². The van der Waals surface area contributed by atoms with Crippen molar-refractivity contribution in [3.05, 3.63) is 152 Å². The summed E-state index contributed by atoms with van der Waals surface area (Å²) >= 11 is 0. The summed E-state index contributed by atoms with van der Waals surface area (Å²) in [6.45, 7) is 0. The summed E-state index contributed by atoms with van der Waals surface area (Å²) in [5.41, 5.74) is 10.6. The Morgan fingerprint density at radius 2 is 1.11 bits per heavy atom. The van der Waals surface area contributed by atoms with Crippen LogP contribution in [-0.4, -0.2) is 23.9 Å². The van der Waals surface area contributed by atoms with Crippen molar-refractivity contribution in [2.24, 2.45) is 0 Å². The molecule has 0 unspecified atom stereocenters. The van der Waals surface area contributed by atoms with Crippen LogP contribution < -0.4 is 0 Å².